The van der Waals surface area contributed by atoms with Crippen LogP contribution in [-0.4, -0.2) is 27.0 Å². The van der Waals surface area contributed by atoms with Gasteiger partial charge >= 0.3 is 6.01 Å². The van der Waals surface area contributed by atoms with Crippen LogP contribution in [0.1, 0.15) is 28.0 Å². The van der Waals surface area contributed by atoms with Crippen molar-refractivity contribution in [3.05, 3.63) is 40.5 Å². The molecule has 0 unspecified atom stereocenters. The third kappa shape index (κ3) is 3.89. The van der Waals surface area contributed by atoms with E-state index in [1.54, 1.807) is 24.3 Å². The van der Waals surface area contributed by atoms with Crippen molar-refractivity contribution in [3.63, 3.8) is 0 Å². The van der Waals surface area contributed by atoms with E-state index in [-0.39, 0.29) is 17.8 Å². The summed E-state index contributed by atoms with van der Waals surface area (Å²) in [6.07, 6.45) is 0. The standard InChI is InChI=1S/C16H15N5O3S/c1-8-13(25-10(3)17-8)15-20-21-16(24-15)19-14(23)11-4-6-12(7-5-11)18-9(2)22/h4-7H,1-3H3,(H,18,22)(H,19,21,23). The van der Waals surface area contributed by atoms with Gasteiger partial charge in [-0.2, -0.15) is 0 Å². The molecule has 9 heteroatoms. The van der Waals surface area contributed by atoms with Crippen molar-refractivity contribution in [1.29, 1.82) is 0 Å². The maximum atomic E-state index is 12.2. The summed E-state index contributed by atoms with van der Waals surface area (Å²) < 4.78 is 5.49. The van der Waals surface area contributed by atoms with Crippen LogP contribution in [0, 0.1) is 13.8 Å². The summed E-state index contributed by atoms with van der Waals surface area (Å²) in [5.41, 5.74) is 1.82. The number of anilines is 2. The first-order chi connectivity index (χ1) is 11.9. The molecule has 128 valence electrons. The van der Waals surface area contributed by atoms with Crippen LogP contribution in [-0.2, 0) is 4.79 Å². The molecular formula is C16H15N5O3S. The first-order valence-corrected chi connectivity index (χ1v) is 8.21. The molecule has 0 aliphatic carbocycles. The van der Waals surface area contributed by atoms with Gasteiger partial charge in [-0.1, -0.05) is 5.10 Å². The maximum Gasteiger partial charge on any atom is 0.322 e. The summed E-state index contributed by atoms with van der Waals surface area (Å²) in [6, 6.07) is 6.47. The third-order valence-electron chi connectivity index (χ3n) is 3.21. The van der Waals surface area contributed by atoms with Crippen molar-refractivity contribution in [1.82, 2.24) is 15.2 Å². The normalized spacial score (nSPS) is 10.5. The van der Waals surface area contributed by atoms with Gasteiger partial charge < -0.3 is 9.73 Å². The van der Waals surface area contributed by atoms with E-state index in [2.05, 4.69) is 25.8 Å². The van der Waals surface area contributed by atoms with E-state index < -0.39 is 0 Å². The molecule has 25 heavy (non-hydrogen) atoms. The topological polar surface area (TPSA) is 110 Å². The number of hydrogen-bond donors (Lipinski definition) is 2. The molecule has 2 heterocycles. The van der Waals surface area contributed by atoms with Gasteiger partial charge in [0, 0.05) is 18.2 Å². The van der Waals surface area contributed by atoms with Crippen molar-refractivity contribution in [2.24, 2.45) is 0 Å². The second-order valence-electron chi connectivity index (χ2n) is 5.27. The second kappa shape index (κ2) is 6.81. The van der Waals surface area contributed by atoms with Gasteiger partial charge in [0.05, 0.1) is 10.7 Å². The fraction of sp³-hybridized carbons (Fsp3) is 0.188. The number of aryl methyl sites for hydroxylation is 2. The number of aromatic nitrogens is 3. The number of hydrogen-bond acceptors (Lipinski definition) is 7. The van der Waals surface area contributed by atoms with E-state index in [9.17, 15) is 9.59 Å². The smallest absolute Gasteiger partial charge is 0.322 e. The van der Waals surface area contributed by atoms with Gasteiger partial charge in [-0.3, -0.25) is 14.9 Å². The number of nitrogens with zero attached hydrogens (tertiary/aromatic N) is 3. The highest BCUT2D eigenvalue weighted by atomic mass is 32.1. The number of benzene rings is 1. The maximum absolute atomic E-state index is 12.2. The number of nitrogens with one attached hydrogen (secondary N) is 2. The van der Waals surface area contributed by atoms with E-state index in [0.29, 0.717) is 17.1 Å². The molecule has 0 aliphatic heterocycles. The predicted molar refractivity (Wildman–Crippen MR) is 93.6 cm³/mol. The fourth-order valence-electron chi connectivity index (χ4n) is 2.17. The number of thiazole rings is 1. The third-order valence-corrected chi connectivity index (χ3v) is 4.27. The Morgan fingerprint density at radius 3 is 2.40 bits per heavy atom. The molecular weight excluding hydrogens is 342 g/mol. The zero-order chi connectivity index (χ0) is 18.0. The molecule has 8 nitrogen and oxygen atoms in total. The van der Waals surface area contributed by atoms with Crippen LogP contribution in [0.5, 0.6) is 0 Å². The lowest BCUT2D eigenvalue weighted by Gasteiger charge is -2.04. The van der Waals surface area contributed by atoms with Crippen LogP contribution in [0.3, 0.4) is 0 Å². The quantitative estimate of drug-likeness (QED) is 0.743. The van der Waals surface area contributed by atoms with E-state index >= 15 is 0 Å². The Hall–Kier alpha value is -3.07. The highest BCUT2D eigenvalue weighted by molar-refractivity contribution is 7.15. The Bertz CT molecular complexity index is 930. The lowest BCUT2D eigenvalue weighted by atomic mass is 10.2. The minimum absolute atomic E-state index is 0.0105. The van der Waals surface area contributed by atoms with Crippen molar-refractivity contribution in [2.75, 3.05) is 10.6 Å². The van der Waals surface area contributed by atoms with E-state index in [4.69, 9.17) is 4.42 Å². The summed E-state index contributed by atoms with van der Waals surface area (Å²) in [4.78, 5) is 28.3. The Labute approximate surface area is 147 Å². The van der Waals surface area contributed by atoms with E-state index in [1.807, 2.05) is 13.8 Å². The van der Waals surface area contributed by atoms with Gasteiger partial charge in [0.2, 0.25) is 5.91 Å². The molecule has 2 amide bonds. The van der Waals surface area contributed by atoms with E-state index in [1.165, 1.54) is 18.3 Å². The summed E-state index contributed by atoms with van der Waals surface area (Å²) >= 11 is 1.45. The molecule has 0 saturated carbocycles. The Balaban J connectivity index is 1.71. The molecule has 0 saturated heterocycles. The number of amides is 2. The molecule has 0 radical (unpaired) electrons. The fourth-order valence-corrected chi connectivity index (χ4v) is 3.01. The van der Waals surface area contributed by atoms with Crippen LogP contribution in [0.25, 0.3) is 10.8 Å². The van der Waals surface area contributed by atoms with Crippen LogP contribution in [0.2, 0.25) is 0 Å². The Morgan fingerprint density at radius 2 is 1.80 bits per heavy atom. The average molecular weight is 357 g/mol. The molecule has 0 atom stereocenters. The monoisotopic (exact) mass is 357 g/mol. The molecule has 1 aromatic carbocycles. The van der Waals surface area contributed by atoms with Crippen LogP contribution in [0.15, 0.2) is 28.7 Å². The molecule has 2 aromatic heterocycles. The SMILES string of the molecule is CC(=O)Nc1ccc(C(=O)Nc2nnc(-c3sc(C)nc3C)o2)cc1. The molecule has 0 fully saturated rings. The average Bonchev–Trinajstić information content (AvgIpc) is 3.13. The molecule has 0 aliphatic rings. The van der Waals surface area contributed by atoms with Gasteiger partial charge in [0.1, 0.15) is 4.88 Å². The van der Waals surface area contributed by atoms with Crippen LogP contribution < -0.4 is 10.6 Å². The molecule has 0 bridgehead atoms. The van der Waals surface area contributed by atoms with Gasteiger partial charge in [0.15, 0.2) is 0 Å². The number of rotatable bonds is 4. The molecule has 3 aromatic rings. The van der Waals surface area contributed by atoms with Crippen molar-refractivity contribution in [2.45, 2.75) is 20.8 Å². The highest BCUT2D eigenvalue weighted by Crippen LogP contribution is 2.29. The van der Waals surface area contributed by atoms with Gasteiger partial charge in [-0.15, -0.1) is 16.4 Å². The minimum atomic E-state index is -0.387. The van der Waals surface area contributed by atoms with Gasteiger partial charge in [-0.25, -0.2) is 4.98 Å². The number of carbonyl (C=O) groups is 2. The van der Waals surface area contributed by atoms with Crippen molar-refractivity contribution in [3.8, 4) is 10.8 Å². The van der Waals surface area contributed by atoms with Crippen molar-refractivity contribution >= 4 is 34.9 Å². The summed E-state index contributed by atoms with van der Waals surface area (Å²) in [7, 11) is 0. The Morgan fingerprint density at radius 1 is 1.08 bits per heavy atom. The molecule has 3 rings (SSSR count). The Kier molecular flexibility index (Phi) is 4.57. The highest BCUT2D eigenvalue weighted by Gasteiger charge is 2.16. The van der Waals surface area contributed by atoms with Crippen LogP contribution >= 0.6 is 11.3 Å². The summed E-state index contributed by atoms with van der Waals surface area (Å²) in [5.74, 6) is -0.245. The predicted octanol–water partition coefficient (Wildman–Crippen LogP) is 3.02. The van der Waals surface area contributed by atoms with Gasteiger partial charge in [0.25, 0.3) is 11.8 Å². The van der Waals surface area contributed by atoms with Gasteiger partial charge in [-0.05, 0) is 38.1 Å². The first kappa shape index (κ1) is 16.8. The zero-order valence-electron chi connectivity index (χ0n) is 13.8. The van der Waals surface area contributed by atoms with Crippen LogP contribution in [0.4, 0.5) is 11.7 Å². The lowest BCUT2D eigenvalue weighted by molar-refractivity contribution is -0.114. The van der Waals surface area contributed by atoms with E-state index in [0.717, 1.165) is 15.6 Å². The largest absolute Gasteiger partial charge is 0.402 e. The summed E-state index contributed by atoms with van der Waals surface area (Å²) in [6.45, 7) is 5.17. The summed E-state index contributed by atoms with van der Waals surface area (Å²) in [5, 5.41) is 13.9. The molecule has 0 spiro atoms. The second-order valence-corrected chi connectivity index (χ2v) is 6.48. The zero-order valence-corrected chi connectivity index (χ0v) is 14.6. The number of carbonyl (C=O) groups excluding carboxylic acids is 2. The molecule has 2 N–H and O–H groups in total. The minimum Gasteiger partial charge on any atom is -0.402 e. The lowest BCUT2D eigenvalue weighted by Crippen LogP contribution is -2.12. The van der Waals surface area contributed by atoms with Crippen molar-refractivity contribution < 1.29 is 14.0 Å². The first-order valence-electron chi connectivity index (χ1n) is 7.39.